The molecule has 0 unspecified atom stereocenters. The summed E-state index contributed by atoms with van der Waals surface area (Å²) in [6.07, 6.45) is 3.08. The third-order valence-electron chi connectivity index (χ3n) is 5.21. The predicted octanol–water partition coefficient (Wildman–Crippen LogP) is 3.47. The molecular weight excluding hydrogens is 334 g/mol. The molecule has 1 aromatic heterocycles. The van der Waals surface area contributed by atoms with Crippen molar-refractivity contribution in [3.05, 3.63) is 69.1 Å². The number of hydrogen-bond acceptors (Lipinski definition) is 2. The van der Waals surface area contributed by atoms with Crippen LogP contribution in [0.2, 0.25) is 5.02 Å². The van der Waals surface area contributed by atoms with Gasteiger partial charge in [-0.1, -0.05) is 35.9 Å². The van der Waals surface area contributed by atoms with Crippen molar-refractivity contribution in [2.75, 3.05) is 13.6 Å². The van der Waals surface area contributed by atoms with Gasteiger partial charge < -0.3 is 9.88 Å². The molecule has 0 saturated heterocycles. The van der Waals surface area contributed by atoms with Crippen LogP contribution in [0.15, 0.2) is 47.3 Å². The summed E-state index contributed by atoms with van der Waals surface area (Å²) in [5.74, 6) is 0. The van der Waals surface area contributed by atoms with Gasteiger partial charge in [0.25, 0.3) is 0 Å². The van der Waals surface area contributed by atoms with Gasteiger partial charge in [-0.2, -0.15) is 0 Å². The van der Waals surface area contributed by atoms with Gasteiger partial charge >= 0.3 is 5.69 Å². The molecule has 0 spiro atoms. The molecule has 130 valence electrons. The van der Waals surface area contributed by atoms with Gasteiger partial charge in [-0.3, -0.25) is 4.57 Å². The highest BCUT2D eigenvalue weighted by Gasteiger charge is 2.25. The van der Waals surface area contributed by atoms with E-state index in [4.69, 9.17) is 11.6 Å². The molecule has 1 N–H and O–H groups in total. The molecule has 0 radical (unpaired) electrons. The Bertz CT molecular complexity index is 959. The lowest BCUT2D eigenvalue weighted by molar-refractivity contribution is 0.211. The smallest absolute Gasteiger partial charge is 0.306 e. The molecule has 4 nitrogen and oxygen atoms in total. The van der Waals surface area contributed by atoms with Gasteiger partial charge in [-0.15, -0.1) is 0 Å². The summed E-state index contributed by atoms with van der Waals surface area (Å²) in [7, 11) is 2.16. The summed E-state index contributed by atoms with van der Waals surface area (Å²) in [4.78, 5) is 17.6. The van der Waals surface area contributed by atoms with Crippen molar-refractivity contribution >= 4 is 22.6 Å². The minimum Gasteiger partial charge on any atom is -0.306 e. The Morgan fingerprint density at radius 3 is 2.96 bits per heavy atom. The Hall–Kier alpha value is -2.04. The van der Waals surface area contributed by atoms with Crippen LogP contribution in [-0.2, 0) is 19.4 Å². The number of nitrogens with zero attached hydrogens (tertiary/aromatic N) is 2. The van der Waals surface area contributed by atoms with E-state index < -0.39 is 0 Å². The van der Waals surface area contributed by atoms with Gasteiger partial charge in [0.2, 0.25) is 0 Å². The van der Waals surface area contributed by atoms with Crippen molar-refractivity contribution in [1.29, 1.82) is 0 Å². The van der Waals surface area contributed by atoms with Gasteiger partial charge in [0.15, 0.2) is 0 Å². The lowest BCUT2D eigenvalue weighted by atomic mass is 9.99. The van der Waals surface area contributed by atoms with Crippen molar-refractivity contribution < 1.29 is 0 Å². The standard InChI is InChI=1S/C20H22ClN3O/c1-23(10-4-6-14-5-2-8-16(21)11-14)17-12-15-7-3-9-18-19(15)24(13-17)20(25)22-18/h2-3,5,7-9,11,17H,4,6,10,12-13H2,1H3,(H,22,25)/t17-/m0/s1. The zero-order chi connectivity index (χ0) is 17.4. The predicted molar refractivity (Wildman–Crippen MR) is 102 cm³/mol. The molecule has 0 fully saturated rings. The third-order valence-corrected chi connectivity index (χ3v) is 5.45. The zero-order valence-corrected chi connectivity index (χ0v) is 15.1. The van der Waals surface area contributed by atoms with E-state index in [9.17, 15) is 4.79 Å². The average Bonchev–Trinajstić information content (AvgIpc) is 2.92. The first-order valence-corrected chi connectivity index (χ1v) is 9.15. The summed E-state index contributed by atoms with van der Waals surface area (Å²) in [5.41, 5.74) is 4.56. The Labute approximate surface area is 152 Å². The van der Waals surface area contributed by atoms with Crippen LogP contribution in [0.4, 0.5) is 0 Å². The zero-order valence-electron chi connectivity index (χ0n) is 14.3. The van der Waals surface area contributed by atoms with Gasteiger partial charge in [0.1, 0.15) is 0 Å². The van der Waals surface area contributed by atoms with Gasteiger partial charge in [-0.25, -0.2) is 4.79 Å². The van der Waals surface area contributed by atoms with E-state index in [1.165, 1.54) is 11.1 Å². The molecule has 2 heterocycles. The summed E-state index contributed by atoms with van der Waals surface area (Å²) in [6.45, 7) is 1.76. The van der Waals surface area contributed by atoms with E-state index in [2.05, 4.69) is 29.1 Å². The van der Waals surface area contributed by atoms with Crippen LogP contribution in [0.5, 0.6) is 0 Å². The monoisotopic (exact) mass is 355 g/mol. The molecule has 0 aliphatic carbocycles. The van der Waals surface area contributed by atoms with E-state index in [1.54, 1.807) is 0 Å². The summed E-state index contributed by atoms with van der Waals surface area (Å²) in [6, 6.07) is 14.6. The number of aromatic nitrogens is 2. The fraction of sp³-hybridized carbons (Fsp3) is 0.350. The number of H-pyrrole nitrogens is 1. The average molecular weight is 356 g/mol. The quantitative estimate of drug-likeness (QED) is 0.761. The number of imidazole rings is 1. The van der Waals surface area contributed by atoms with Crippen LogP contribution in [0.3, 0.4) is 0 Å². The van der Waals surface area contributed by atoms with Gasteiger partial charge in [0.05, 0.1) is 11.0 Å². The maximum atomic E-state index is 12.2. The molecule has 4 rings (SSSR count). The minimum absolute atomic E-state index is 0.000484. The number of halogens is 1. The number of likely N-dealkylation sites (N-methyl/N-ethyl adjacent to an activating group) is 1. The van der Waals surface area contributed by atoms with E-state index in [1.807, 2.05) is 34.9 Å². The van der Waals surface area contributed by atoms with Crippen molar-refractivity contribution in [3.63, 3.8) is 0 Å². The van der Waals surface area contributed by atoms with Gasteiger partial charge in [-0.05, 0) is 62.2 Å². The van der Waals surface area contributed by atoms with E-state index >= 15 is 0 Å². The summed E-state index contributed by atoms with van der Waals surface area (Å²) in [5, 5.41) is 0.797. The number of rotatable bonds is 5. The Morgan fingerprint density at radius 1 is 1.28 bits per heavy atom. The third kappa shape index (κ3) is 3.24. The Kier molecular flexibility index (Phi) is 4.40. The van der Waals surface area contributed by atoms with Crippen LogP contribution in [0.25, 0.3) is 11.0 Å². The maximum absolute atomic E-state index is 12.2. The number of para-hydroxylation sites is 1. The number of hydrogen-bond donors (Lipinski definition) is 1. The van der Waals surface area contributed by atoms with Crippen LogP contribution in [-0.4, -0.2) is 34.1 Å². The molecular formula is C20H22ClN3O. The second kappa shape index (κ2) is 6.70. The first kappa shape index (κ1) is 16.4. The van der Waals surface area contributed by atoms with Crippen LogP contribution in [0, 0.1) is 0 Å². The molecule has 0 saturated carbocycles. The maximum Gasteiger partial charge on any atom is 0.326 e. The van der Waals surface area contributed by atoms with E-state index in [0.717, 1.165) is 48.4 Å². The van der Waals surface area contributed by atoms with Gasteiger partial charge in [0, 0.05) is 17.6 Å². The second-order valence-electron chi connectivity index (χ2n) is 6.93. The number of aryl methyl sites for hydroxylation is 1. The highest BCUT2D eigenvalue weighted by Crippen LogP contribution is 2.24. The highest BCUT2D eigenvalue weighted by atomic mass is 35.5. The van der Waals surface area contributed by atoms with Crippen LogP contribution in [0.1, 0.15) is 17.5 Å². The second-order valence-corrected chi connectivity index (χ2v) is 7.36. The topological polar surface area (TPSA) is 41.0 Å². The van der Waals surface area contributed by atoms with Crippen LogP contribution < -0.4 is 5.69 Å². The van der Waals surface area contributed by atoms with Crippen molar-refractivity contribution in [2.24, 2.45) is 0 Å². The Balaban J connectivity index is 1.43. The molecule has 5 heteroatoms. The molecule has 0 amide bonds. The first-order chi connectivity index (χ1) is 12.1. The van der Waals surface area contributed by atoms with Crippen molar-refractivity contribution in [2.45, 2.75) is 31.8 Å². The Morgan fingerprint density at radius 2 is 2.12 bits per heavy atom. The first-order valence-electron chi connectivity index (χ1n) is 8.77. The SMILES string of the molecule is CN(CCCc1cccc(Cl)c1)[C@H]1Cc2cccc3[nH]c(=O)n(c23)C1. The summed E-state index contributed by atoms with van der Waals surface area (Å²) >= 11 is 6.05. The van der Waals surface area contributed by atoms with Crippen molar-refractivity contribution in [3.8, 4) is 0 Å². The molecule has 1 aliphatic rings. The molecule has 3 aromatic rings. The van der Waals surface area contributed by atoms with E-state index in [-0.39, 0.29) is 5.69 Å². The molecule has 1 aliphatic heterocycles. The van der Waals surface area contributed by atoms with E-state index in [0.29, 0.717) is 6.04 Å². The number of nitrogens with one attached hydrogen (secondary N) is 1. The molecule has 2 aromatic carbocycles. The fourth-order valence-corrected chi connectivity index (χ4v) is 4.08. The molecule has 0 bridgehead atoms. The fourth-order valence-electron chi connectivity index (χ4n) is 3.87. The minimum atomic E-state index is -0.000484. The number of aromatic amines is 1. The summed E-state index contributed by atoms with van der Waals surface area (Å²) < 4.78 is 1.90. The lowest BCUT2D eigenvalue weighted by Gasteiger charge is -2.31. The molecule has 1 atom stereocenters. The molecule has 25 heavy (non-hydrogen) atoms. The lowest BCUT2D eigenvalue weighted by Crippen LogP contribution is -2.42. The largest absolute Gasteiger partial charge is 0.326 e. The normalized spacial score (nSPS) is 16.7. The number of benzene rings is 2. The van der Waals surface area contributed by atoms with Crippen molar-refractivity contribution in [1.82, 2.24) is 14.5 Å². The highest BCUT2D eigenvalue weighted by molar-refractivity contribution is 6.30. The van der Waals surface area contributed by atoms with Crippen LogP contribution >= 0.6 is 11.6 Å².